The van der Waals surface area contributed by atoms with E-state index in [9.17, 15) is 13.6 Å². The van der Waals surface area contributed by atoms with E-state index in [1.54, 1.807) is 18.3 Å². The van der Waals surface area contributed by atoms with Crippen LogP contribution in [0, 0.1) is 11.6 Å². The van der Waals surface area contributed by atoms with Crippen molar-refractivity contribution < 1.29 is 13.6 Å². The maximum absolute atomic E-state index is 13.2. The topological polar surface area (TPSA) is 30.0 Å². The van der Waals surface area contributed by atoms with Gasteiger partial charge in [0.15, 0.2) is 17.4 Å². The zero-order chi connectivity index (χ0) is 15.5. The number of hydrogen-bond donors (Lipinski definition) is 0. The van der Waals surface area contributed by atoms with E-state index in [0.29, 0.717) is 0 Å². The number of pyridine rings is 1. The summed E-state index contributed by atoms with van der Waals surface area (Å²) in [4.78, 5) is 16.3. The largest absolute Gasteiger partial charge is 0.289 e. The van der Waals surface area contributed by atoms with Crippen LogP contribution in [0.4, 0.5) is 8.78 Å². The van der Waals surface area contributed by atoms with Gasteiger partial charge in [0.1, 0.15) is 0 Å². The Labute approximate surface area is 125 Å². The first kappa shape index (κ1) is 14.1. The third kappa shape index (κ3) is 2.76. The molecule has 3 aromatic rings. The van der Waals surface area contributed by atoms with Gasteiger partial charge in [-0.1, -0.05) is 24.3 Å². The summed E-state index contributed by atoms with van der Waals surface area (Å²) in [6, 6.07) is 12.4. The molecule has 0 bridgehead atoms. The van der Waals surface area contributed by atoms with Gasteiger partial charge in [-0.15, -0.1) is 0 Å². The minimum absolute atomic E-state index is 0.105. The van der Waals surface area contributed by atoms with E-state index >= 15 is 0 Å². The first-order valence-electron chi connectivity index (χ1n) is 6.66. The van der Waals surface area contributed by atoms with Crippen LogP contribution in [0.1, 0.15) is 15.9 Å². The predicted octanol–water partition coefficient (Wildman–Crippen LogP) is 4.41. The molecule has 2 aromatic carbocycles. The third-order valence-electron chi connectivity index (χ3n) is 3.30. The Morgan fingerprint density at radius 2 is 1.82 bits per heavy atom. The lowest BCUT2D eigenvalue weighted by molar-refractivity contribution is 0.104. The lowest BCUT2D eigenvalue weighted by atomic mass is 10.1. The van der Waals surface area contributed by atoms with Crippen LogP contribution < -0.4 is 0 Å². The highest BCUT2D eigenvalue weighted by Gasteiger charge is 2.07. The molecule has 0 amide bonds. The molecule has 3 rings (SSSR count). The number of hydrogen-bond acceptors (Lipinski definition) is 2. The molecule has 0 aliphatic heterocycles. The fourth-order valence-corrected chi connectivity index (χ4v) is 2.17. The van der Waals surface area contributed by atoms with Crippen LogP contribution in [0.25, 0.3) is 17.0 Å². The van der Waals surface area contributed by atoms with Crippen molar-refractivity contribution in [3.63, 3.8) is 0 Å². The number of ketones is 1. The van der Waals surface area contributed by atoms with Gasteiger partial charge in [0.25, 0.3) is 0 Å². The van der Waals surface area contributed by atoms with Gasteiger partial charge in [-0.05, 0) is 42.0 Å². The third-order valence-corrected chi connectivity index (χ3v) is 3.30. The number of allylic oxidation sites excluding steroid dienone is 1. The number of rotatable bonds is 3. The number of carbonyl (C=O) groups excluding carboxylic acids is 1. The van der Waals surface area contributed by atoms with Crippen molar-refractivity contribution in [1.82, 2.24) is 4.98 Å². The van der Waals surface area contributed by atoms with Gasteiger partial charge in [-0.3, -0.25) is 9.78 Å². The summed E-state index contributed by atoms with van der Waals surface area (Å²) in [6.07, 6.45) is 4.64. The molecule has 0 saturated heterocycles. The van der Waals surface area contributed by atoms with Crippen LogP contribution >= 0.6 is 0 Å². The van der Waals surface area contributed by atoms with Crippen molar-refractivity contribution in [3.8, 4) is 0 Å². The highest BCUT2D eigenvalue weighted by atomic mass is 19.2. The Kier molecular flexibility index (Phi) is 3.74. The fourth-order valence-electron chi connectivity index (χ4n) is 2.17. The maximum atomic E-state index is 13.2. The maximum Gasteiger partial charge on any atom is 0.185 e. The van der Waals surface area contributed by atoms with Crippen LogP contribution in [0.15, 0.2) is 60.8 Å². The predicted molar refractivity (Wildman–Crippen MR) is 81.5 cm³/mol. The summed E-state index contributed by atoms with van der Waals surface area (Å²) in [5.41, 5.74) is 1.76. The zero-order valence-corrected chi connectivity index (χ0v) is 11.5. The number of carbonyl (C=O) groups is 1. The lowest BCUT2D eigenvalue weighted by Gasteiger charge is -2.01. The molecule has 0 aliphatic rings. The average Bonchev–Trinajstić information content (AvgIpc) is 2.55. The second-order valence-corrected chi connectivity index (χ2v) is 4.74. The number of nitrogens with zero attached hydrogens (tertiary/aromatic N) is 1. The molecule has 0 N–H and O–H groups in total. The van der Waals surface area contributed by atoms with Gasteiger partial charge in [0, 0.05) is 17.1 Å². The van der Waals surface area contributed by atoms with Crippen molar-refractivity contribution >= 4 is 22.8 Å². The summed E-state index contributed by atoms with van der Waals surface area (Å²) >= 11 is 0. The first-order chi connectivity index (χ1) is 10.6. The quantitative estimate of drug-likeness (QED) is 0.529. The average molecular weight is 295 g/mol. The number of halogens is 2. The highest BCUT2D eigenvalue weighted by Crippen LogP contribution is 2.18. The van der Waals surface area contributed by atoms with Gasteiger partial charge in [-0.2, -0.15) is 0 Å². The molecule has 108 valence electrons. The van der Waals surface area contributed by atoms with E-state index in [1.807, 2.05) is 24.3 Å². The Balaban J connectivity index is 1.92. The van der Waals surface area contributed by atoms with Crippen molar-refractivity contribution in [3.05, 3.63) is 83.6 Å². The number of benzene rings is 2. The van der Waals surface area contributed by atoms with Crippen molar-refractivity contribution in [2.75, 3.05) is 0 Å². The van der Waals surface area contributed by atoms with Crippen molar-refractivity contribution in [2.45, 2.75) is 0 Å². The second-order valence-electron chi connectivity index (χ2n) is 4.74. The number of fused-ring (bicyclic) bond motifs is 1. The highest BCUT2D eigenvalue weighted by molar-refractivity contribution is 6.07. The molecule has 4 heteroatoms. The normalized spacial score (nSPS) is 11.2. The molecule has 2 nitrogen and oxygen atoms in total. The molecular weight excluding hydrogens is 284 g/mol. The Morgan fingerprint density at radius 1 is 1.00 bits per heavy atom. The SMILES string of the molecule is O=C(/C=C/c1ccnc2ccccc12)c1ccc(F)c(F)c1. The van der Waals surface area contributed by atoms with Crippen LogP contribution in [0.3, 0.4) is 0 Å². The van der Waals surface area contributed by atoms with E-state index in [0.717, 1.165) is 28.6 Å². The molecule has 0 saturated carbocycles. The summed E-state index contributed by atoms with van der Waals surface area (Å²) < 4.78 is 26.0. The van der Waals surface area contributed by atoms with Gasteiger partial charge in [-0.25, -0.2) is 8.78 Å². The second kappa shape index (κ2) is 5.85. The monoisotopic (exact) mass is 295 g/mol. The summed E-state index contributed by atoms with van der Waals surface area (Å²) in [7, 11) is 0. The summed E-state index contributed by atoms with van der Waals surface area (Å²) in [5.74, 6) is -2.39. The molecule has 0 spiro atoms. The molecule has 0 radical (unpaired) electrons. The zero-order valence-electron chi connectivity index (χ0n) is 11.5. The van der Waals surface area contributed by atoms with Crippen LogP contribution in [-0.2, 0) is 0 Å². The molecule has 1 heterocycles. The van der Waals surface area contributed by atoms with Crippen molar-refractivity contribution in [2.24, 2.45) is 0 Å². The minimum Gasteiger partial charge on any atom is -0.289 e. The molecule has 0 unspecified atom stereocenters. The van der Waals surface area contributed by atoms with Gasteiger partial charge < -0.3 is 0 Å². The molecule has 1 aromatic heterocycles. The molecule has 0 fully saturated rings. The Hall–Kier alpha value is -2.88. The smallest absolute Gasteiger partial charge is 0.185 e. The number of para-hydroxylation sites is 1. The van der Waals surface area contributed by atoms with Crippen LogP contribution in [-0.4, -0.2) is 10.8 Å². The Morgan fingerprint density at radius 3 is 2.64 bits per heavy atom. The molecule has 0 atom stereocenters. The van der Waals surface area contributed by atoms with E-state index in [2.05, 4.69) is 4.98 Å². The minimum atomic E-state index is -1.03. The van der Waals surface area contributed by atoms with Gasteiger partial charge >= 0.3 is 0 Å². The first-order valence-corrected chi connectivity index (χ1v) is 6.66. The fraction of sp³-hybridized carbons (Fsp3) is 0. The van der Waals surface area contributed by atoms with E-state index in [1.165, 1.54) is 12.1 Å². The van der Waals surface area contributed by atoms with Gasteiger partial charge in [0.2, 0.25) is 0 Å². The van der Waals surface area contributed by atoms with Crippen molar-refractivity contribution in [1.29, 1.82) is 0 Å². The van der Waals surface area contributed by atoms with E-state index < -0.39 is 11.6 Å². The standard InChI is InChI=1S/C18H11F2NO/c19-15-7-5-13(11-16(15)20)18(22)8-6-12-9-10-21-17-4-2-1-3-14(12)17/h1-11H/b8-6+. The Bertz CT molecular complexity index is 882. The molecule has 0 aliphatic carbocycles. The molecular formula is C18H11F2NO. The van der Waals surface area contributed by atoms with Crippen LogP contribution in [0.2, 0.25) is 0 Å². The van der Waals surface area contributed by atoms with E-state index in [-0.39, 0.29) is 11.3 Å². The number of aromatic nitrogens is 1. The van der Waals surface area contributed by atoms with E-state index in [4.69, 9.17) is 0 Å². The molecule has 22 heavy (non-hydrogen) atoms. The summed E-state index contributed by atoms with van der Waals surface area (Å²) in [6.45, 7) is 0. The van der Waals surface area contributed by atoms with Crippen LogP contribution in [0.5, 0.6) is 0 Å². The summed E-state index contributed by atoms with van der Waals surface area (Å²) in [5, 5.41) is 0.916. The lowest BCUT2D eigenvalue weighted by Crippen LogP contribution is -1.96. The van der Waals surface area contributed by atoms with Gasteiger partial charge in [0.05, 0.1) is 5.52 Å².